The first-order valence-electron chi connectivity index (χ1n) is 5.74. The summed E-state index contributed by atoms with van der Waals surface area (Å²) in [4.78, 5) is 13.4. The highest BCUT2D eigenvalue weighted by Crippen LogP contribution is 2.21. The smallest absolute Gasteiger partial charge is 0.260 e. The number of aromatic hydroxyl groups is 1. The van der Waals surface area contributed by atoms with Gasteiger partial charge in [-0.15, -0.1) is 0 Å². The van der Waals surface area contributed by atoms with Crippen LogP contribution in [0.4, 0.5) is 4.39 Å². The number of amides is 1. The monoisotopic (exact) mass is 269 g/mol. The number of rotatable bonds is 5. The number of oxime groups is 1. The maximum Gasteiger partial charge on any atom is 0.260 e. The fourth-order valence-electron chi connectivity index (χ4n) is 1.59. The van der Waals surface area contributed by atoms with E-state index in [1.807, 2.05) is 0 Å². The van der Waals surface area contributed by atoms with Crippen molar-refractivity contribution in [2.75, 3.05) is 13.1 Å². The Morgan fingerprint density at radius 1 is 1.53 bits per heavy atom. The highest BCUT2D eigenvalue weighted by Gasteiger charge is 2.21. The lowest BCUT2D eigenvalue weighted by Gasteiger charge is -2.21. The molecular weight excluding hydrogens is 253 g/mol. The number of halogens is 1. The second-order valence-electron chi connectivity index (χ2n) is 3.86. The third kappa shape index (κ3) is 3.57. The zero-order valence-corrected chi connectivity index (χ0v) is 10.5. The molecule has 0 spiro atoms. The second kappa shape index (κ2) is 6.58. The Labute approximate surface area is 109 Å². The van der Waals surface area contributed by atoms with Crippen LogP contribution >= 0.6 is 0 Å². The number of carbonyl (C=O) groups excluding carboxylic acids is 1. The maximum absolute atomic E-state index is 13.6. The standard InChI is InChI=1S/C12H16FN3O3/c1-2-16(7-6-10(14)15-19)12(18)11-8(13)4-3-5-9(11)17/h3-5,17,19H,2,6-7H2,1H3,(H2,14,15). The van der Waals surface area contributed by atoms with Crippen molar-refractivity contribution in [1.82, 2.24) is 4.90 Å². The van der Waals surface area contributed by atoms with Crippen LogP contribution in [-0.4, -0.2) is 40.0 Å². The molecule has 0 aliphatic carbocycles. The van der Waals surface area contributed by atoms with Crippen LogP contribution in [-0.2, 0) is 0 Å². The average molecular weight is 269 g/mol. The molecule has 0 heterocycles. The molecule has 19 heavy (non-hydrogen) atoms. The Morgan fingerprint density at radius 2 is 2.21 bits per heavy atom. The minimum absolute atomic E-state index is 0.0241. The van der Waals surface area contributed by atoms with Crippen LogP contribution in [0, 0.1) is 5.82 Å². The predicted octanol–water partition coefficient (Wildman–Crippen LogP) is 1.13. The molecule has 0 atom stereocenters. The third-order valence-electron chi connectivity index (χ3n) is 2.64. The molecule has 1 rings (SSSR count). The summed E-state index contributed by atoms with van der Waals surface area (Å²) < 4.78 is 13.6. The molecule has 0 fully saturated rings. The quantitative estimate of drug-likeness (QED) is 0.323. The molecule has 0 unspecified atom stereocenters. The van der Waals surface area contributed by atoms with E-state index in [0.717, 1.165) is 6.07 Å². The van der Waals surface area contributed by atoms with E-state index in [2.05, 4.69) is 5.16 Å². The molecule has 1 amide bonds. The summed E-state index contributed by atoms with van der Waals surface area (Å²) in [6.07, 6.45) is 0.158. The summed E-state index contributed by atoms with van der Waals surface area (Å²) in [6, 6.07) is 3.66. The highest BCUT2D eigenvalue weighted by atomic mass is 19.1. The molecular formula is C12H16FN3O3. The van der Waals surface area contributed by atoms with Crippen molar-refractivity contribution in [2.24, 2.45) is 10.9 Å². The number of phenolic OH excluding ortho intramolecular Hbond substituents is 1. The van der Waals surface area contributed by atoms with E-state index in [1.54, 1.807) is 6.92 Å². The summed E-state index contributed by atoms with van der Waals surface area (Å²) in [7, 11) is 0. The Kier molecular flexibility index (Phi) is 5.11. The number of carbonyl (C=O) groups is 1. The van der Waals surface area contributed by atoms with Crippen LogP contribution in [0.3, 0.4) is 0 Å². The van der Waals surface area contributed by atoms with Gasteiger partial charge in [0.25, 0.3) is 5.91 Å². The van der Waals surface area contributed by atoms with Crippen molar-refractivity contribution in [1.29, 1.82) is 0 Å². The Hall–Kier alpha value is -2.31. The summed E-state index contributed by atoms with van der Waals surface area (Å²) in [6.45, 7) is 2.19. The molecule has 0 aromatic heterocycles. The Bertz CT molecular complexity index is 471. The molecule has 1 aromatic rings. The second-order valence-corrected chi connectivity index (χ2v) is 3.86. The third-order valence-corrected chi connectivity index (χ3v) is 2.64. The summed E-state index contributed by atoms with van der Waals surface area (Å²) in [5, 5.41) is 20.8. The van der Waals surface area contributed by atoms with E-state index < -0.39 is 17.5 Å². The van der Waals surface area contributed by atoms with E-state index >= 15 is 0 Å². The number of phenols is 1. The van der Waals surface area contributed by atoms with Crippen LogP contribution in [0.5, 0.6) is 5.75 Å². The van der Waals surface area contributed by atoms with Crippen molar-refractivity contribution in [3.05, 3.63) is 29.6 Å². The number of nitrogens with zero attached hydrogens (tertiary/aromatic N) is 2. The molecule has 1 aromatic carbocycles. The lowest BCUT2D eigenvalue weighted by Crippen LogP contribution is -2.34. The van der Waals surface area contributed by atoms with Gasteiger partial charge in [0.2, 0.25) is 0 Å². The van der Waals surface area contributed by atoms with Crippen LogP contribution in [0.25, 0.3) is 0 Å². The summed E-state index contributed by atoms with van der Waals surface area (Å²) in [5.41, 5.74) is 4.94. The van der Waals surface area contributed by atoms with Gasteiger partial charge in [-0.25, -0.2) is 4.39 Å². The number of hydrogen-bond acceptors (Lipinski definition) is 4. The van der Waals surface area contributed by atoms with E-state index in [-0.39, 0.29) is 24.4 Å². The number of amidine groups is 1. The SMILES string of the molecule is CCN(CC/C(N)=N/O)C(=O)c1c(O)cccc1F. The van der Waals surface area contributed by atoms with Crippen LogP contribution in [0.1, 0.15) is 23.7 Å². The van der Waals surface area contributed by atoms with Crippen molar-refractivity contribution in [3.8, 4) is 5.75 Å². The number of hydrogen-bond donors (Lipinski definition) is 3. The van der Waals surface area contributed by atoms with E-state index in [0.29, 0.717) is 6.54 Å². The van der Waals surface area contributed by atoms with Gasteiger partial charge in [-0.1, -0.05) is 11.2 Å². The molecule has 6 nitrogen and oxygen atoms in total. The predicted molar refractivity (Wildman–Crippen MR) is 67.7 cm³/mol. The van der Waals surface area contributed by atoms with Gasteiger partial charge in [-0.2, -0.15) is 0 Å². The fraction of sp³-hybridized carbons (Fsp3) is 0.333. The van der Waals surface area contributed by atoms with Gasteiger partial charge >= 0.3 is 0 Å². The first kappa shape index (κ1) is 14.7. The van der Waals surface area contributed by atoms with Crippen molar-refractivity contribution in [3.63, 3.8) is 0 Å². The average Bonchev–Trinajstić information content (AvgIpc) is 2.38. The van der Waals surface area contributed by atoms with E-state index in [1.165, 1.54) is 17.0 Å². The Balaban J connectivity index is 2.90. The topological polar surface area (TPSA) is 99.1 Å². The first-order chi connectivity index (χ1) is 9.01. The van der Waals surface area contributed by atoms with Crippen LogP contribution in [0.2, 0.25) is 0 Å². The normalized spacial score (nSPS) is 11.4. The molecule has 0 saturated heterocycles. The van der Waals surface area contributed by atoms with Crippen molar-refractivity contribution in [2.45, 2.75) is 13.3 Å². The van der Waals surface area contributed by atoms with Gasteiger partial charge in [-0.05, 0) is 19.1 Å². The minimum Gasteiger partial charge on any atom is -0.507 e. The molecule has 7 heteroatoms. The lowest BCUT2D eigenvalue weighted by atomic mass is 10.1. The van der Waals surface area contributed by atoms with Crippen molar-refractivity contribution >= 4 is 11.7 Å². The molecule has 0 radical (unpaired) electrons. The fourth-order valence-corrected chi connectivity index (χ4v) is 1.59. The van der Waals surface area contributed by atoms with Gasteiger partial charge in [0.1, 0.15) is 23.0 Å². The lowest BCUT2D eigenvalue weighted by molar-refractivity contribution is 0.0760. The zero-order valence-electron chi connectivity index (χ0n) is 10.5. The zero-order chi connectivity index (χ0) is 14.4. The number of benzene rings is 1. The van der Waals surface area contributed by atoms with Gasteiger partial charge in [0, 0.05) is 19.5 Å². The Morgan fingerprint density at radius 3 is 2.74 bits per heavy atom. The van der Waals surface area contributed by atoms with Crippen LogP contribution in [0.15, 0.2) is 23.4 Å². The summed E-state index contributed by atoms with van der Waals surface area (Å²) in [5.74, 6) is -1.85. The van der Waals surface area contributed by atoms with Crippen LogP contribution < -0.4 is 5.73 Å². The molecule has 104 valence electrons. The maximum atomic E-state index is 13.6. The van der Waals surface area contributed by atoms with Gasteiger partial charge in [-0.3, -0.25) is 4.79 Å². The van der Waals surface area contributed by atoms with Gasteiger partial charge < -0.3 is 20.9 Å². The molecule has 0 bridgehead atoms. The van der Waals surface area contributed by atoms with Gasteiger partial charge in [0.05, 0.1) is 0 Å². The molecule has 0 aliphatic heterocycles. The largest absolute Gasteiger partial charge is 0.507 e. The van der Waals surface area contributed by atoms with Gasteiger partial charge in [0.15, 0.2) is 0 Å². The minimum atomic E-state index is -0.785. The van der Waals surface area contributed by atoms with E-state index in [9.17, 15) is 14.3 Å². The number of nitrogens with two attached hydrogens (primary N) is 1. The highest BCUT2D eigenvalue weighted by molar-refractivity contribution is 5.97. The first-order valence-corrected chi connectivity index (χ1v) is 5.74. The van der Waals surface area contributed by atoms with E-state index in [4.69, 9.17) is 10.9 Å². The van der Waals surface area contributed by atoms with Crippen molar-refractivity contribution < 1.29 is 19.5 Å². The molecule has 0 aliphatic rings. The molecule has 0 saturated carbocycles. The summed E-state index contributed by atoms with van der Waals surface area (Å²) >= 11 is 0. The molecule has 4 N–H and O–H groups in total.